The Kier molecular flexibility index (Phi) is 4.56. The van der Waals surface area contributed by atoms with Crippen LogP contribution < -0.4 is 4.90 Å². The van der Waals surface area contributed by atoms with Crippen LogP contribution in [0.2, 0.25) is 0 Å². The van der Waals surface area contributed by atoms with Crippen molar-refractivity contribution in [2.75, 3.05) is 13.1 Å². The van der Waals surface area contributed by atoms with E-state index < -0.39 is 4.92 Å². The topological polar surface area (TPSA) is 98.0 Å². The number of quaternary nitrogens is 1. The summed E-state index contributed by atoms with van der Waals surface area (Å²) in [4.78, 5) is 17.8. The van der Waals surface area contributed by atoms with Crippen molar-refractivity contribution in [2.24, 2.45) is 5.92 Å². The van der Waals surface area contributed by atoms with E-state index in [2.05, 4.69) is 17.0 Å². The Labute approximate surface area is 160 Å². The Morgan fingerprint density at radius 2 is 2.00 bits per heavy atom. The zero-order chi connectivity index (χ0) is 19.1. The Hall–Kier alpha value is -2.52. The Bertz CT molecular complexity index is 973. The summed E-state index contributed by atoms with van der Waals surface area (Å²) in [5, 5.41) is 26.1. The van der Waals surface area contributed by atoms with Crippen LogP contribution in [-0.4, -0.2) is 37.7 Å². The lowest BCUT2D eigenvalue weighted by Crippen LogP contribution is -3.13. The number of rotatable bonds is 4. The van der Waals surface area contributed by atoms with Crippen LogP contribution in [0.15, 0.2) is 24.3 Å². The highest BCUT2D eigenvalue weighted by Crippen LogP contribution is 2.35. The summed E-state index contributed by atoms with van der Waals surface area (Å²) in [6, 6.07) is 6.58. The number of likely N-dealkylation sites (tertiary alicyclic amines) is 1. The summed E-state index contributed by atoms with van der Waals surface area (Å²) in [5.41, 5.74) is 1.03. The molecule has 27 heavy (non-hydrogen) atoms. The number of aryl methyl sites for hydroxylation is 1. The van der Waals surface area contributed by atoms with Crippen molar-refractivity contribution in [1.82, 2.24) is 14.6 Å². The molecular formula is C18H22N5O3S+. The number of piperidine rings is 1. The highest BCUT2D eigenvalue weighted by atomic mass is 32.1. The van der Waals surface area contributed by atoms with Crippen molar-refractivity contribution < 1.29 is 14.9 Å². The van der Waals surface area contributed by atoms with Crippen molar-refractivity contribution in [3.8, 4) is 5.88 Å². The van der Waals surface area contributed by atoms with E-state index in [0.717, 1.165) is 36.4 Å². The monoisotopic (exact) mass is 388 g/mol. The Morgan fingerprint density at radius 3 is 2.59 bits per heavy atom. The van der Waals surface area contributed by atoms with Gasteiger partial charge in [0.1, 0.15) is 10.7 Å². The van der Waals surface area contributed by atoms with E-state index in [4.69, 9.17) is 0 Å². The average Bonchev–Trinajstić information content (AvgIpc) is 3.15. The largest absolute Gasteiger partial charge is 0.492 e. The normalized spacial score (nSPS) is 21.4. The maximum Gasteiger partial charge on any atom is 0.269 e. The Balaban J connectivity index is 1.78. The SMILES string of the molecule is Cc1nc2sc([C@H](c3ccc([N+](=O)[O-])cc3)[NH+]3CCC(C)CC3)c(O)n2n1. The number of nitro groups is 1. The molecule has 2 aromatic heterocycles. The van der Waals surface area contributed by atoms with E-state index in [0.29, 0.717) is 16.7 Å². The highest BCUT2D eigenvalue weighted by molar-refractivity contribution is 7.17. The molecule has 1 saturated heterocycles. The third kappa shape index (κ3) is 3.28. The van der Waals surface area contributed by atoms with E-state index in [1.165, 1.54) is 32.9 Å². The van der Waals surface area contributed by atoms with Crippen LogP contribution in [-0.2, 0) is 0 Å². The summed E-state index contributed by atoms with van der Waals surface area (Å²) in [7, 11) is 0. The molecule has 0 aliphatic carbocycles. The number of non-ortho nitro benzene ring substituents is 1. The molecule has 2 N–H and O–H groups in total. The molecule has 4 rings (SSSR count). The van der Waals surface area contributed by atoms with Gasteiger partial charge in [0.2, 0.25) is 10.8 Å². The van der Waals surface area contributed by atoms with Gasteiger partial charge < -0.3 is 10.0 Å². The van der Waals surface area contributed by atoms with Gasteiger partial charge in [-0.3, -0.25) is 10.1 Å². The van der Waals surface area contributed by atoms with Crippen LogP contribution in [0.5, 0.6) is 5.88 Å². The number of aromatic nitrogens is 3. The van der Waals surface area contributed by atoms with E-state index in [1.807, 2.05) is 0 Å². The summed E-state index contributed by atoms with van der Waals surface area (Å²) in [6.07, 6.45) is 2.25. The molecule has 0 amide bonds. The minimum atomic E-state index is -0.391. The lowest BCUT2D eigenvalue weighted by Gasteiger charge is -2.33. The molecule has 3 aromatic rings. The molecule has 142 valence electrons. The van der Waals surface area contributed by atoms with Gasteiger partial charge in [0.05, 0.1) is 18.0 Å². The fourth-order valence-corrected chi connectivity index (χ4v) is 5.01. The van der Waals surface area contributed by atoms with Crippen molar-refractivity contribution in [3.05, 3.63) is 50.6 Å². The maximum absolute atomic E-state index is 11.0. The number of nitro benzene ring substituents is 1. The smallest absolute Gasteiger partial charge is 0.269 e. The molecule has 1 aromatic carbocycles. The van der Waals surface area contributed by atoms with E-state index in [9.17, 15) is 15.2 Å². The molecule has 0 unspecified atom stereocenters. The number of hydrogen-bond acceptors (Lipinski definition) is 6. The van der Waals surface area contributed by atoms with E-state index in [-0.39, 0.29) is 17.6 Å². The predicted octanol–water partition coefficient (Wildman–Crippen LogP) is 2.12. The third-order valence-corrected chi connectivity index (χ3v) is 6.41. The second-order valence-electron chi connectivity index (χ2n) is 7.27. The minimum absolute atomic E-state index is 0.0715. The van der Waals surface area contributed by atoms with Gasteiger partial charge in [0.15, 0.2) is 6.04 Å². The van der Waals surface area contributed by atoms with Gasteiger partial charge in [0.25, 0.3) is 5.69 Å². The molecule has 1 fully saturated rings. The number of nitrogens with zero attached hydrogens (tertiary/aromatic N) is 4. The predicted molar refractivity (Wildman–Crippen MR) is 101 cm³/mol. The number of benzene rings is 1. The maximum atomic E-state index is 11.0. The van der Waals surface area contributed by atoms with Gasteiger partial charge in [0, 0.05) is 17.7 Å². The first-order valence-electron chi connectivity index (χ1n) is 9.08. The number of fused-ring (bicyclic) bond motifs is 1. The van der Waals surface area contributed by atoms with E-state index >= 15 is 0 Å². The number of aromatic hydroxyl groups is 1. The van der Waals surface area contributed by atoms with Gasteiger partial charge in [-0.2, -0.15) is 4.52 Å². The first-order valence-corrected chi connectivity index (χ1v) is 9.89. The van der Waals surface area contributed by atoms with Crippen LogP contribution in [0.1, 0.15) is 42.1 Å². The molecule has 8 nitrogen and oxygen atoms in total. The van der Waals surface area contributed by atoms with Crippen LogP contribution >= 0.6 is 11.3 Å². The second kappa shape index (κ2) is 6.90. The summed E-state index contributed by atoms with van der Waals surface area (Å²) in [5.74, 6) is 1.43. The summed E-state index contributed by atoms with van der Waals surface area (Å²) < 4.78 is 1.49. The van der Waals surface area contributed by atoms with Crippen LogP contribution in [0.3, 0.4) is 0 Å². The highest BCUT2D eigenvalue weighted by Gasteiger charge is 2.34. The molecule has 0 radical (unpaired) electrons. The summed E-state index contributed by atoms with van der Waals surface area (Å²) >= 11 is 1.44. The lowest BCUT2D eigenvalue weighted by atomic mass is 9.95. The first-order chi connectivity index (χ1) is 12.9. The van der Waals surface area contributed by atoms with Gasteiger partial charge in [-0.15, -0.1) is 5.10 Å². The van der Waals surface area contributed by atoms with Crippen molar-refractivity contribution in [2.45, 2.75) is 32.7 Å². The molecule has 1 atom stereocenters. The minimum Gasteiger partial charge on any atom is -0.492 e. The average molecular weight is 388 g/mol. The van der Waals surface area contributed by atoms with Crippen LogP contribution in [0.25, 0.3) is 4.96 Å². The standard InChI is InChI=1S/C18H21N5O3S/c1-11-7-9-21(10-8-11)15(13-3-5-14(6-4-13)23(25)26)16-17(24)22-18(27-16)19-12(2)20-22/h3-6,11,15,24H,7-10H2,1-2H3/p+1/t15-/m0/s1. The Morgan fingerprint density at radius 1 is 1.33 bits per heavy atom. The third-order valence-electron chi connectivity index (χ3n) is 5.33. The van der Waals surface area contributed by atoms with Gasteiger partial charge in [-0.1, -0.05) is 18.3 Å². The van der Waals surface area contributed by atoms with Crippen molar-refractivity contribution >= 4 is 22.0 Å². The fourth-order valence-electron chi connectivity index (χ4n) is 3.82. The fraction of sp³-hybridized carbons (Fsp3) is 0.444. The van der Waals surface area contributed by atoms with Crippen LogP contribution in [0.4, 0.5) is 5.69 Å². The second-order valence-corrected chi connectivity index (χ2v) is 8.27. The zero-order valence-electron chi connectivity index (χ0n) is 15.3. The lowest BCUT2D eigenvalue weighted by molar-refractivity contribution is -0.931. The van der Waals surface area contributed by atoms with Gasteiger partial charge in [-0.05, 0) is 37.8 Å². The molecule has 9 heteroatoms. The molecule has 0 bridgehead atoms. The molecular weight excluding hydrogens is 366 g/mol. The molecule has 1 aliphatic rings. The zero-order valence-corrected chi connectivity index (χ0v) is 16.1. The summed E-state index contributed by atoms with van der Waals surface area (Å²) in [6.45, 7) is 6.05. The van der Waals surface area contributed by atoms with Crippen molar-refractivity contribution in [3.63, 3.8) is 0 Å². The van der Waals surface area contributed by atoms with Crippen LogP contribution in [0, 0.1) is 23.0 Å². The van der Waals surface area contributed by atoms with Gasteiger partial charge >= 0.3 is 0 Å². The van der Waals surface area contributed by atoms with E-state index in [1.54, 1.807) is 19.1 Å². The first kappa shape index (κ1) is 17.9. The van der Waals surface area contributed by atoms with Crippen molar-refractivity contribution in [1.29, 1.82) is 0 Å². The number of nitrogens with one attached hydrogen (secondary N) is 1. The number of hydrogen-bond donors (Lipinski definition) is 2. The molecule has 3 heterocycles. The number of thiazole rings is 1. The molecule has 1 aliphatic heterocycles. The van der Waals surface area contributed by atoms with Gasteiger partial charge in [-0.25, -0.2) is 4.98 Å². The quantitative estimate of drug-likeness (QED) is 0.527. The molecule has 0 saturated carbocycles. The molecule has 0 spiro atoms.